The Kier molecular flexibility index (Phi) is 5.86. The van der Waals surface area contributed by atoms with Gasteiger partial charge in [-0.1, -0.05) is 59.7 Å². The van der Waals surface area contributed by atoms with Gasteiger partial charge in [0.1, 0.15) is 5.01 Å². The number of hydrogen-bond donors (Lipinski definition) is 1. The topological polar surface area (TPSA) is 59.1 Å². The molecule has 1 aromatic heterocycles. The highest BCUT2D eigenvalue weighted by molar-refractivity contribution is 7.88. The summed E-state index contributed by atoms with van der Waals surface area (Å²) < 4.78 is 27.2. The molecule has 0 aliphatic rings. The number of aryl methyl sites for hydroxylation is 2. The fourth-order valence-electron chi connectivity index (χ4n) is 2.55. The molecule has 2 aromatic carbocycles. The summed E-state index contributed by atoms with van der Waals surface area (Å²) in [5.74, 6) is -0.0190. The maximum atomic E-state index is 12.3. The van der Waals surface area contributed by atoms with Crippen molar-refractivity contribution in [3.8, 4) is 0 Å². The van der Waals surface area contributed by atoms with E-state index in [1.807, 2.05) is 37.4 Å². The van der Waals surface area contributed by atoms with Crippen molar-refractivity contribution in [1.29, 1.82) is 0 Å². The van der Waals surface area contributed by atoms with E-state index in [0.717, 1.165) is 27.4 Å². The summed E-state index contributed by atoms with van der Waals surface area (Å²) in [5, 5.41) is 0.777. The minimum Gasteiger partial charge on any atom is -0.248 e. The third kappa shape index (κ3) is 5.49. The van der Waals surface area contributed by atoms with Crippen LogP contribution in [0.15, 0.2) is 54.7 Å². The van der Waals surface area contributed by atoms with E-state index in [4.69, 9.17) is 0 Å². The highest BCUT2D eigenvalue weighted by atomic mass is 32.2. The lowest BCUT2D eigenvalue weighted by molar-refractivity contribution is 0.580. The number of nitrogens with zero attached hydrogens (tertiary/aromatic N) is 1. The minimum absolute atomic E-state index is 0.0190. The highest BCUT2D eigenvalue weighted by Crippen LogP contribution is 2.18. The summed E-state index contributed by atoms with van der Waals surface area (Å²) in [5.41, 5.74) is 4.36. The summed E-state index contributed by atoms with van der Waals surface area (Å²) in [7, 11) is -3.38. The number of thiazole rings is 1. The van der Waals surface area contributed by atoms with Crippen LogP contribution in [0.2, 0.25) is 0 Å². The number of nitrogens with one attached hydrogen (secondary N) is 1. The van der Waals surface area contributed by atoms with Crippen molar-refractivity contribution in [1.82, 2.24) is 9.71 Å². The van der Waals surface area contributed by atoms with Crippen LogP contribution in [-0.4, -0.2) is 13.4 Å². The quantitative estimate of drug-likeness (QED) is 0.668. The van der Waals surface area contributed by atoms with Crippen LogP contribution in [0, 0.1) is 13.8 Å². The van der Waals surface area contributed by atoms with Crippen LogP contribution in [-0.2, 0) is 28.7 Å². The molecule has 0 radical (unpaired) electrons. The fourth-order valence-corrected chi connectivity index (χ4v) is 4.62. The van der Waals surface area contributed by atoms with Crippen molar-refractivity contribution in [2.24, 2.45) is 0 Å². The first kappa shape index (κ1) is 18.8. The third-order valence-corrected chi connectivity index (χ3v) is 6.32. The Morgan fingerprint density at radius 3 is 2.12 bits per heavy atom. The van der Waals surface area contributed by atoms with Gasteiger partial charge in [-0.3, -0.25) is 0 Å². The van der Waals surface area contributed by atoms with Gasteiger partial charge in [-0.05, 0) is 25.0 Å². The number of sulfonamides is 1. The molecular formula is C20H22N2O2S2. The zero-order chi connectivity index (χ0) is 18.6. The number of aromatic nitrogens is 1. The second-order valence-electron chi connectivity index (χ2n) is 6.45. The number of hydrogen-bond acceptors (Lipinski definition) is 4. The van der Waals surface area contributed by atoms with E-state index in [-0.39, 0.29) is 12.3 Å². The lowest BCUT2D eigenvalue weighted by Gasteiger charge is -2.05. The third-order valence-electron chi connectivity index (χ3n) is 4.02. The minimum atomic E-state index is -3.38. The SMILES string of the molecule is Cc1ccc(Cc2cnc(CNS(=O)(=O)Cc3ccc(C)cc3)s2)cc1. The van der Waals surface area contributed by atoms with Gasteiger partial charge in [0.05, 0.1) is 12.3 Å². The van der Waals surface area contributed by atoms with Crippen LogP contribution in [0.5, 0.6) is 0 Å². The highest BCUT2D eigenvalue weighted by Gasteiger charge is 2.13. The standard InChI is InChI=1S/C20H22N2O2S2/c1-15-3-7-17(8-4-15)11-19-12-21-20(25-19)13-22-26(23,24)14-18-9-5-16(2)6-10-18/h3-10,12,22H,11,13-14H2,1-2H3. The molecule has 136 valence electrons. The Morgan fingerprint density at radius 2 is 1.50 bits per heavy atom. The van der Waals surface area contributed by atoms with Crippen LogP contribution >= 0.6 is 11.3 Å². The van der Waals surface area contributed by atoms with Crippen LogP contribution in [0.4, 0.5) is 0 Å². The second kappa shape index (κ2) is 8.12. The molecule has 0 bridgehead atoms. The molecule has 0 fully saturated rings. The van der Waals surface area contributed by atoms with E-state index in [1.54, 1.807) is 11.3 Å². The Morgan fingerprint density at radius 1 is 0.923 bits per heavy atom. The molecule has 0 saturated carbocycles. The Hall–Kier alpha value is -2.02. The average molecular weight is 387 g/mol. The van der Waals surface area contributed by atoms with Crippen LogP contribution < -0.4 is 4.72 Å². The van der Waals surface area contributed by atoms with Crippen molar-refractivity contribution in [2.75, 3.05) is 0 Å². The van der Waals surface area contributed by atoms with Gasteiger partial charge in [0.2, 0.25) is 10.0 Å². The van der Waals surface area contributed by atoms with Gasteiger partial charge in [0.15, 0.2) is 0 Å². The second-order valence-corrected chi connectivity index (χ2v) is 9.46. The summed E-state index contributed by atoms with van der Waals surface area (Å²) >= 11 is 1.54. The molecule has 4 nitrogen and oxygen atoms in total. The van der Waals surface area contributed by atoms with Crippen molar-refractivity contribution >= 4 is 21.4 Å². The maximum Gasteiger partial charge on any atom is 0.216 e. The molecule has 6 heteroatoms. The summed E-state index contributed by atoms with van der Waals surface area (Å²) in [6.07, 6.45) is 2.64. The van der Waals surface area contributed by atoms with Crippen molar-refractivity contribution in [2.45, 2.75) is 32.6 Å². The van der Waals surface area contributed by atoms with E-state index in [1.165, 1.54) is 11.1 Å². The van der Waals surface area contributed by atoms with Gasteiger partial charge in [0.25, 0.3) is 0 Å². The largest absolute Gasteiger partial charge is 0.248 e. The number of rotatable bonds is 7. The van der Waals surface area contributed by atoms with E-state index in [2.05, 4.69) is 40.9 Å². The molecule has 0 amide bonds. The molecule has 0 unspecified atom stereocenters. The monoisotopic (exact) mass is 386 g/mol. The van der Waals surface area contributed by atoms with Gasteiger partial charge in [-0.15, -0.1) is 11.3 Å². The smallest absolute Gasteiger partial charge is 0.216 e. The molecule has 0 saturated heterocycles. The Balaban J connectivity index is 1.56. The zero-order valence-corrected chi connectivity index (χ0v) is 16.5. The van der Waals surface area contributed by atoms with E-state index in [9.17, 15) is 8.42 Å². The van der Waals surface area contributed by atoms with Gasteiger partial charge in [-0.2, -0.15) is 0 Å². The molecule has 1 heterocycles. The van der Waals surface area contributed by atoms with Gasteiger partial charge in [0, 0.05) is 17.5 Å². The first-order chi connectivity index (χ1) is 12.4. The summed E-state index contributed by atoms with van der Waals surface area (Å²) in [6.45, 7) is 4.28. The lowest BCUT2D eigenvalue weighted by atomic mass is 10.1. The zero-order valence-electron chi connectivity index (χ0n) is 14.9. The van der Waals surface area contributed by atoms with E-state index < -0.39 is 10.0 Å². The maximum absolute atomic E-state index is 12.3. The molecular weight excluding hydrogens is 364 g/mol. The molecule has 0 aliphatic carbocycles. The molecule has 0 atom stereocenters. The molecule has 0 spiro atoms. The van der Waals surface area contributed by atoms with Crippen LogP contribution in [0.1, 0.15) is 32.1 Å². The van der Waals surface area contributed by atoms with Gasteiger partial charge < -0.3 is 0 Å². The van der Waals surface area contributed by atoms with Gasteiger partial charge in [-0.25, -0.2) is 18.1 Å². The Labute approximate surface area is 159 Å². The summed E-state index contributed by atoms with van der Waals surface area (Å²) in [6, 6.07) is 15.9. The fraction of sp³-hybridized carbons (Fsp3) is 0.250. The molecule has 1 N–H and O–H groups in total. The van der Waals surface area contributed by atoms with E-state index in [0.29, 0.717) is 0 Å². The molecule has 0 aliphatic heterocycles. The van der Waals surface area contributed by atoms with Gasteiger partial charge >= 0.3 is 0 Å². The van der Waals surface area contributed by atoms with Crippen molar-refractivity contribution in [3.05, 3.63) is 86.9 Å². The Bertz CT molecular complexity index is 960. The van der Waals surface area contributed by atoms with Crippen molar-refractivity contribution in [3.63, 3.8) is 0 Å². The molecule has 3 aromatic rings. The van der Waals surface area contributed by atoms with Crippen LogP contribution in [0.25, 0.3) is 0 Å². The predicted molar refractivity (Wildman–Crippen MR) is 107 cm³/mol. The predicted octanol–water partition coefficient (Wildman–Crippen LogP) is 3.97. The summed E-state index contributed by atoms with van der Waals surface area (Å²) in [4.78, 5) is 5.47. The first-order valence-electron chi connectivity index (χ1n) is 8.42. The van der Waals surface area contributed by atoms with Crippen LogP contribution in [0.3, 0.4) is 0 Å². The average Bonchev–Trinajstić information content (AvgIpc) is 3.05. The molecule has 3 rings (SSSR count). The lowest BCUT2D eigenvalue weighted by Crippen LogP contribution is -2.24. The van der Waals surface area contributed by atoms with E-state index >= 15 is 0 Å². The first-order valence-corrected chi connectivity index (χ1v) is 10.9. The van der Waals surface area contributed by atoms with Crippen molar-refractivity contribution < 1.29 is 8.42 Å². The normalized spacial score (nSPS) is 11.6. The number of benzene rings is 2. The molecule has 26 heavy (non-hydrogen) atoms.